The first kappa shape index (κ1) is 20.7. The quantitative estimate of drug-likeness (QED) is 0.400. The molecule has 4 rings (SSSR count). The van der Waals surface area contributed by atoms with E-state index in [2.05, 4.69) is 36.3 Å². The Hall–Kier alpha value is -3.60. The molecule has 0 atom stereocenters. The van der Waals surface area contributed by atoms with Crippen LogP contribution >= 0.6 is 0 Å². The summed E-state index contributed by atoms with van der Waals surface area (Å²) in [7, 11) is 0. The molecular formula is C26H26N2O3. The highest BCUT2D eigenvalue weighted by Crippen LogP contribution is 2.39. The van der Waals surface area contributed by atoms with Gasteiger partial charge in [0.25, 0.3) is 0 Å². The van der Waals surface area contributed by atoms with Crippen LogP contribution in [0.4, 0.5) is 5.69 Å². The van der Waals surface area contributed by atoms with Gasteiger partial charge >= 0.3 is 5.97 Å². The predicted molar refractivity (Wildman–Crippen MR) is 125 cm³/mol. The summed E-state index contributed by atoms with van der Waals surface area (Å²) in [5.74, 6) is -0.267. The van der Waals surface area contributed by atoms with E-state index < -0.39 is 5.97 Å². The molecule has 1 aliphatic carbocycles. The summed E-state index contributed by atoms with van der Waals surface area (Å²) in [6, 6.07) is 15.3. The smallest absolute Gasteiger partial charge is 0.336 e. The van der Waals surface area contributed by atoms with Gasteiger partial charge in [-0.25, -0.2) is 4.79 Å². The Labute approximate surface area is 181 Å². The summed E-state index contributed by atoms with van der Waals surface area (Å²) < 4.78 is 6.35. The molecule has 0 unspecified atom stereocenters. The molecule has 5 nitrogen and oxygen atoms in total. The molecule has 5 heteroatoms. The summed E-state index contributed by atoms with van der Waals surface area (Å²) in [6.07, 6.45) is 0. The number of rotatable bonds is 5. The van der Waals surface area contributed by atoms with Crippen molar-refractivity contribution < 1.29 is 14.3 Å². The second-order valence-electron chi connectivity index (χ2n) is 7.61. The summed E-state index contributed by atoms with van der Waals surface area (Å²) in [5.41, 5.74) is 6.55. The minimum absolute atomic E-state index is 0.263. The van der Waals surface area contributed by atoms with Crippen LogP contribution in [-0.4, -0.2) is 24.2 Å². The van der Waals surface area contributed by atoms with E-state index in [-0.39, 0.29) is 5.56 Å². The zero-order valence-corrected chi connectivity index (χ0v) is 18.2. The van der Waals surface area contributed by atoms with Gasteiger partial charge in [-0.15, -0.1) is 0 Å². The first-order chi connectivity index (χ1) is 14.9. The van der Waals surface area contributed by atoms with Gasteiger partial charge in [0.1, 0.15) is 11.3 Å². The van der Waals surface area contributed by atoms with Gasteiger partial charge in [-0.05, 0) is 68.1 Å². The second-order valence-corrected chi connectivity index (χ2v) is 7.61. The van der Waals surface area contributed by atoms with E-state index in [1.54, 1.807) is 12.1 Å². The highest BCUT2D eigenvalue weighted by atomic mass is 16.4. The van der Waals surface area contributed by atoms with Crippen LogP contribution in [0.15, 0.2) is 57.9 Å². The zero-order valence-electron chi connectivity index (χ0n) is 18.2. The standard InChI is InChI=1S/C26H26N2O3/c1-5-27-21-13-23-17(11-15(21)3)12-20-24(31-23)14-22(28-6-2)16(4)25(20)18-9-7-8-10-19(18)26(29)30/h7-14,27H,5-6H2,1-4H3,(H,29,30)/b28-22+. The Morgan fingerprint density at radius 3 is 2.55 bits per heavy atom. The SMILES string of the molecule is CC/N=c1\cc2oc3cc(NCC)c(C)cc3cc-2c(-c2ccccc2C(=O)O)c1C. The molecule has 0 radical (unpaired) electrons. The topological polar surface area (TPSA) is 74.8 Å². The largest absolute Gasteiger partial charge is 0.478 e. The van der Waals surface area contributed by atoms with Gasteiger partial charge < -0.3 is 14.8 Å². The molecule has 2 aromatic carbocycles. The highest BCUT2D eigenvalue weighted by molar-refractivity contribution is 6.01. The molecule has 31 heavy (non-hydrogen) atoms. The maximum Gasteiger partial charge on any atom is 0.336 e. The molecule has 158 valence electrons. The van der Waals surface area contributed by atoms with E-state index in [4.69, 9.17) is 4.42 Å². The summed E-state index contributed by atoms with van der Waals surface area (Å²) in [5, 5.41) is 15.0. The number of hydrogen-bond donors (Lipinski definition) is 2. The molecule has 0 bridgehead atoms. The number of carboxylic acid groups (broad SMARTS) is 1. The average molecular weight is 415 g/mol. The van der Waals surface area contributed by atoms with Gasteiger partial charge in [0.05, 0.1) is 10.9 Å². The van der Waals surface area contributed by atoms with E-state index in [1.807, 2.05) is 38.1 Å². The third-order valence-corrected chi connectivity index (χ3v) is 5.56. The Morgan fingerprint density at radius 1 is 1.06 bits per heavy atom. The molecule has 0 saturated heterocycles. The van der Waals surface area contributed by atoms with Crippen molar-refractivity contribution >= 4 is 22.6 Å². The van der Waals surface area contributed by atoms with Crippen molar-refractivity contribution in [1.82, 2.24) is 0 Å². The maximum atomic E-state index is 12.0. The van der Waals surface area contributed by atoms with Crippen molar-refractivity contribution in [2.24, 2.45) is 4.99 Å². The molecule has 1 heterocycles. The minimum Gasteiger partial charge on any atom is -0.478 e. The second kappa shape index (κ2) is 8.26. The monoisotopic (exact) mass is 414 g/mol. The lowest BCUT2D eigenvalue weighted by atomic mass is 9.88. The molecule has 2 aromatic rings. The predicted octanol–water partition coefficient (Wildman–Crippen LogP) is 5.87. The first-order valence-electron chi connectivity index (χ1n) is 10.5. The number of nitrogens with one attached hydrogen (secondary N) is 1. The highest BCUT2D eigenvalue weighted by Gasteiger charge is 2.21. The molecule has 2 aliphatic rings. The van der Waals surface area contributed by atoms with Crippen molar-refractivity contribution in [3.05, 3.63) is 70.6 Å². The molecule has 2 N–H and O–H groups in total. The first-order valence-corrected chi connectivity index (χ1v) is 10.5. The van der Waals surface area contributed by atoms with Gasteiger partial charge in [-0.1, -0.05) is 18.2 Å². The van der Waals surface area contributed by atoms with Crippen LogP contribution in [0.25, 0.3) is 33.4 Å². The number of hydrogen-bond acceptors (Lipinski definition) is 4. The lowest BCUT2D eigenvalue weighted by molar-refractivity contribution is 0.0697. The van der Waals surface area contributed by atoms with Crippen LogP contribution in [0.2, 0.25) is 0 Å². The van der Waals surface area contributed by atoms with Crippen LogP contribution in [0.5, 0.6) is 0 Å². The fraction of sp³-hybridized carbons (Fsp3) is 0.231. The molecular weight excluding hydrogens is 388 g/mol. The van der Waals surface area contributed by atoms with E-state index in [9.17, 15) is 9.90 Å². The van der Waals surface area contributed by atoms with Crippen LogP contribution in [0, 0.1) is 13.8 Å². The Bertz CT molecular complexity index is 1330. The lowest BCUT2D eigenvalue weighted by Crippen LogP contribution is -2.12. The third-order valence-electron chi connectivity index (χ3n) is 5.56. The Kier molecular flexibility index (Phi) is 5.51. The Balaban J connectivity index is 2.13. The van der Waals surface area contributed by atoms with Crippen molar-refractivity contribution in [2.45, 2.75) is 27.7 Å². The lowest BCUT2D eigenvalue weighted by Gasteiger charge is -2.18. The van der Waals surface area contributed by atoms with Crippen LogP contribution in [0.3, 0.4) is 0 Å². The van der Waals surface area contributed by atoms with E-state index in [1.165, 1.54) is 0 Å². The van der Waals surface area contributed by atoms with Gasteiger partial charge in [0, 0.05) is 41.9 Å². The Morgan fingerprint density at radius 2 is 1.84 bits per heavy atom. The average Bonchev–Trinajstić information content (AvgIpc) is 2.74. The third kappa shape index (κ3) is 3.67. The van der Waals surface area contributed by atoms with Crippen LogP contribution in [0.1, 0.15) is 35.3 Å². The minimum atomic E-state index is -0.954. The number of aryl methyl sites for hydroxylation is 1. The van der Waals surface area contributed by atoms with Crippen LogP contribution < -0.4 is 10.7 Å². The van der Waals surface area contributed by atoms with Crippen molar-refractivity contribution in [3.8, 4) is 22.5 Å². The van der Waals surface area contributed by atoms with Crippen molar-refractivity contribution in [1.29, 1.82) is 0 Å². The number of fused-ring (bicyclic) bond motifs is 2. The normalized spacial score (nSPS) is 11.9. The molecule has 0 amide bonds. The molecule has 0 saturated carbocycles. The van der Waals surface area contributed by atoms with E-state index >= 15 is 0 Å². The fourth-order valence-corrected chi connectivity index (χ4v) is 4.13. The summed E-state index contributed by atoms with van der Waals surface area (Å²) in [4.78, 5) is 16.6. The van der Waals surface area contributed by atoms with E-state index in [0.29, 0.717) is 17.9 Å². The number of nitrogens with zero attached hydrogens (tertiary/aromatic N) is 1. The zero-order chi connectivity index (χ0) is 22.1. The van der Waals surface area contributed by atoms with Crippen LogP contribution in [-0.2, 0) is 0 Å². The fourth-order valence-electron chi connectivity index (χ4n) is 4.13. The van der Waals surface area contributed by atoms with Gasteiger partial charge in [0.2, 0.25) is 0 Å². The number of anilines is 1. The van der Waals surface area contributed by atoms with Crippen molar-refractivity contribution in [2.75, 3.05) is 18.4 Å². The number of benzene rings is 3. The van der Waals surface area contributed by atoms with Gasteiger partial charge in [0.15, 0.2) is 0 Å². The number of aromatic carboxylic acids is 1. The van der Waals surface area contributed by atoms with Gasteiger partial charge in [-0.2, -0.15) is 0 Å². The molecule has 0 aromatic heterocycles. The molecule has 1 aliphatic heterocycles. The molecule has 0 fully saturated rings. The van der Waals surface area contributed by atoms with Crippen molar-refractivity contribution in [3.63, 3.8) is 0 Å². The van der Waals surface area contributed by atoms with E-state index in [0.717, 1.165) is 50.8 Å². The molecule has 0 spiro atoms. The number of carboxylic acids is 1. The number of carbonyl (C=O) groups is 1. The maximum absolute atomic E-state index is 12.0. The summed E-state index contributed by atoms with van der Waals surface area (Å²) >= 11 is 0. The summed E-state index contributed by atoms with van der Waals surface area (Å²) in [6.45, 7) is 9.56. The van der Waals surface area contributed by atoms with Gasteiger partial charge in [-0.3, -0.25) is 4.99 Å².